The average molecular weight is 333 g/mol. The van der Waals surface area contributed by atoms with Gasteiger partial charge in [0.25, 0.3) is 0 Å². The molecule has 1 aromatic rings. The summed E-state index contributed by atoms with van der Waals surface area (Å²) < 4.78 is 28.5. The lowest BCUT2D eigenvalue weighted by molar-refractivity contribution is 0.111. The zero-order valence-electron chi connectivity index (χ0n) is 12.2. The molecule has 0 radical (unpaired) electrons. The van der Waals surface area contributed by atoms with Crippen molar-refractivity contribution in [2.45, 2.75) is 50.0 Å². The highest BCUT2D eigenvalue weighted by Gasteiger charge is 2.26. The first-order valence-electron chi connectivity index (χ1n) is 7.34. The van der Waals surface area contributed by atoms with E-state index < -0.39 is 9.84 Å². The molecule has 4 N–H and O–H groups in total. The van der Waals surface area contributed by atoms with Gasteiger partial charge in [-0.25, -0.2) is 8.42 Å². The molecule has 1 aliphatic rings. The molecule has 2 rings (SSSR count). The molecule has 1 heterocycles. The van der Waals surface area contributed by atoms with Crippen LogP contribution >= 0.6 is 11.5 Å². The first-order chi connectivity index (χ1) is 9.94. The number of nitrogens with zero attached hydrogens (tertiary/aromatic N) is 1. The molecule has 1 aliphatic carbocycles. The largest absolute Gasteiger partial charge is 0.393 e. The van der Waals surface area contributed by atoms with Gasteiger partial charge in [0.1, 0.15) is 9.90 Å². The monoisotopic (exact) mass is 333 g/mol. The minimum absolute atomic E-state index is 0.0832. The predicted molar refractivity (Wildman–Crippen MR) is 85.3 cm³/mol. The molecular formula is C13H23N3O3S2. The summed E-state index contributed by atoms with van der Waals surface area (Å²) in [5.41, 5.74) is 5.73. The summed E-state index contributed by atoms with van der Waals surface area (Å²) in [6.45, 7) is 2.52. The Morgan fingerprint density at radius 2 is 2.05 bits per heavy atom. The topological polar surface area (TPSA) is 105 Å². The summed E-state index contributed by atoms with van der Waals surface area (Å²) in [6, 6.07) is 0. The fourth-order valence-corrected chi connectivity index (χ4v) is 5.29. The highest BCUT2D eigenvalue weighted by atomic mass is 32.2. The van der Waals surface area contributed by atoms with Crippen molar-refractivity contribution in [3.05, 3.63) is 0 Å². The number of nitrogen functional groups attached to an aromatic ring is 1. The van der Waals surface area contributed by atoms with Gasteiger partial charge in [0, 0.05) is 6.54 Å². The van der Waals surface area contributed by atoms with Gasteiger partial charge in [-0.2, -0.15) is 4.37 Å². The lowest BCUT2D eigenvalue weighted by atomic mass is 9.87. The van der Waals surface area contributed by atoms with Crippen LogP contribution in [0.2, 0.25) is 0 Å². The SMILES string of the molecule is CCCS(=O)(=O)c1c(N)nsc1NCC1CCC(O)CC1. The Hall–Kier alpha value is -0.860. The van der Waals surface area contributed by atoms with Gasteiger partial charge in [0.15, 0.2) is 15.7 Å². The standard InChI is InChI=1S/C13H23N3O3S2/c1-2-7-21(18,19)11-12(14)16-20-13(11)15-8-9-3-5-10(17)6-4-9/h9-10,15,17H,2-8H2,1H3,(H2,14,16). The normalized spacial score (nSPS) is 23.1. The van der Waals surface area contributed by atoms with Gasteiger partial charge in [-0.1, -0.05) is 6.92 Å². The van der Waals surface area contributed by atoms with Crippen molar-refractivity contribution in [1.29, 1.82) is 0 Å². The van der Waals surface area contributed by atoms with E-state index in [-0.39, 0.29) is 22.6 Å². The maximum Gasteiger partial charge on any atom is 0.185 e. The van der Waals surface area contributed by atoms with Crippen molar-refractivity contribution in [3.63, 3.8) is 0 Å². The number of nitrogens with one attached hydrogen (secondary N) is 1. The smallest absolute Gasteiger partial charge is 0.185 e. The number of aromatic nitrogens is 1. The Morgan fingerprint density at radius 3 is 2.67 bits per heavy atom. The lowest BCUT2D eigenvalue weighted by Crippen LogP contribution is -2.23. The van der Waals surface area contributed by atoms with Gasteiger partial charge >= 0.3 is 0 Å². The third kappa shape index (κ3) is 4.08. The fraction of sp³-hybridized carbons (Fsp3) is 0.769. The minimum Gasteiger partial charge on any atom is -0.393 e. The lowest BCUT2D eigenvalue weighted by Gasteiger charge is -2.25. The molecule has 0 atom stereocenters. The van der Waals surface area contributed by atoms with E-state index in [4.69, 9.17) is 5.73 Å². The quantitative estimate of drug-likeness (QED) is 0.734. The first-order valence-corrected chi connectivity index (χ1v) is 9.76. The zero-order valence-corrected chi connectivity index (χ0v) is 13.8. The molecule has 0 saturated heterocycles. The van der Waals surface area contributed by atoms with Gasteiger partial charge in [0.05, 0.1) is 11.9 Å². The number of aliphatic hydroxyl groups is 1. The molecule has 0 amide bonds. The summed E-state index contributed by atoms with van der Waals surface area (Å²) in [7, 11) is -3.37. The Labute approximate surface area is 129 Å². The van der Waals surface area contributed by atoms with Gasteiger partial charge in [-0.3, -0.25) is 0 Å². The fourth-order valence-electron chi connectivity index (χ4n) is 2.66. The molecule has 0 aromatic carbocycles. The second kappa shape index (κ2) is 6.93. The highest BCUT2D eigenvalue weighted by molar-refractivity contribution is 7.91. The number of anilines is 2. The molecule has 0 unspecified atom stereocenters. The maximum absolute atomic E-state index is 12.2. The summed E-state index contributed by atoms with van der Waals surface area (Å²) in [5.74, 6) is 0.633. The van der Waals surface area contributed by atoms with Crippen molar-refractivity contribution < 1.29 is 13.5 Å². The van der Waals surface area contributed by atoms with Crippen molar-refractivity contribution in [3.8, 4) is 0 Å². The summed E-state index contributed by atoms with van der Waals surface area (Å²) >= 11 is 1.10. The zero-order chi connectivity index (χ0) is 15.5. The van der Waals surface area contributed by atoms with Crippen LogP contribution in [0.15, 0.2) is 4.90 Å². The van der Waals surface area contributed by atoms with E-state index in [1.54, 1.807) is 0 Å². The molecule has 6 nitrogen and oxygen atoms in total. The molecule has 8 heteroatoms. The molecule has 1 saturated carbocycles. The number of sulfone groups is 1. The van der Waals surface area contributed by atoms with Crippen LogP contribution in [0.5, 0.6) is 0 Å². The van der Waals surface area contributed by atoms with Crippen LogP contribution in [0, 0.1) is 5.92 Å². The molecule has 120 valence electrons. The van der Waals surface area contributed by atoms with Crippen LogP contribution in [0.3, 0.4) is 0 Å². The van der Waals surface area contributed by atoms with Gasteiger partial charge in [-0.15, -0.1) is 0 Å². The number of hydrogen-bond donors (Lipinski definition) is 3. The maximum atomic E-state index is 12.2. The third-order valence-electron chi connectivity index (χ3n) is 3.83. The predicted octanol–water partition coefficient (Wildman–Crippen LogP) is 1.87. The second-order valence-electron chi connectivity index (χ2n) is 5.60. The molecule has 1 aromatic heterocycles. The van der Waals surface area contributed by atoms with Crippen LogP contribution in [0.1, 0.15) is 39.0 Å². The average Bonchev–Trinajstić information content (AvgIpc) is 2.80. The second-order valence-corrected chi connectivity index (χ2v) is 8.42. The van der Waals surface area contributed by atoms with E-state index in [0.717, 1.165) is 37.2 Å². The van der Waals surface area contributed by atoms with E-state index >= 15 is 0 Å². The van der Waals surface area contributed by atoms with Gasteiger partial charge in [-0.05, 0) is 49.6 Å². The van der Waals surface area contributed by atoms with E-state index in [0.29, 0.717) is 23.9 Å². The van der Waals surface area contributed by atoms with Crippen molar-refractivity contribution in [2.75, 3.05) is 23.3 Å². The van der Waals surface area contributed by atoms with Crippen LogP contribution < -0.4 is 11.1 Å². The first kappa shape index (κ1) is 16.5. The van der Waals surface area contributed by atoms with Crippen molar-refractivity contribution >= 4 is 32.2 Å². The third-order valence-corrected chi connectivity index (χ3v) is 6.75. The van der Waals surface area contributed by atoms with Gasteiger partial charge < -0.3 is 16.2 Å². The van der Waals surface area contributed by atoms with Crippen molar-refractivity contribution in [1.82, 2.24) is 4.37 Å². The Bertz CT molecular complexity index is 563. The van der Waals surface area contributed by atoms with E-state index in [2.05, 4.69) is 9.69 Å². The Balaban J connectivity index is 2.04. The van der Waals surface area contributed by atoms with Crippen LogP contribution in [-0.2, 0) is 9.84 Å². The number of rotatable bonds is 6. The van der Waals surface area contributed by atoms with Crippen molar-refractivity contribution in [2.24, 2.45) is 5.92 Å². The molecule has 0 bridgehead atoms. The summed E-state index contributed by atoms with van der Waals surface area (Å²) in [5, 5.41) is 13.2. The molecular weight excluding hydrogens is 310 g/mol. The van der Waals surface area contributed by atoms with E-state index in [1.807, 2.05) is 6.92 Å². The number of hydrogen-bond acceptors (Lipinski definition) is 7. The number of aliphatic hydroxyl groups excluding tert-OH is 1. The van der Waals surface area contributed by atoms with Crippen LogP contribution in [0.4, 0.5) is 10.8 Å². The van der Waals surface area contributed by atoms with E-state index in [1.165, 1.54) is 0 Å². The summed E-state index contributed by atoms with van der Waals surface area (Å²) in [6.07, 6.45) is 3.92. The molecule has 0 spiro atoms. The van der Waals surface area contributed by atoms with E-state index in [9.17, 15) is 13.5 Å². The Kier molecular flexibility index (Phi) is 5.45. The van der Waals surface area contributed by atoms with Gasteiger partial charge in [0.2, 0.25) is 0 Å². The van der Waals surface area contributed by atoms with Crippen LogP contribution in [-0.4, -0.2) is 36.3 Å². The Morgan fingerprint density at radius 1 is 1.38 bits per heavy atom. The summed E-state index contributed by atoms with van der Waals surface area (Å²) in [4.78, 5) is 0.158. The molecule has 1 fully saturated rings. The number of nitrogens with two attached hydrogens (primary N) is 1. The van der Waals surface area contributed by atoms with Crippen LogP contribution in [0.25, 0.3) is 0 Å². The molecule has 0 aliphatic heterocycles. The molecule has 21 heavy (non-hydrogen) atoms. The highest BCUT2D eigenvalue weighted by Crippen LogP contribution is 2.33. The minimum atomic E-state index is -3.37.